The number of halogens is 3. The molecule has 0 spiro atoms. The van der Waals surface area contributed by atoms with Crippen molar-refractivity contribution < 1.29 is 13.2 Å². The van der Waals surface area contributed by atoms with E-state index in [0.29, 0.717) is 11.3 Å². The van der Waals surface area contributed by atoms with Crippen LogP contribution in [0.3, 0.4) is 0 Å². The lowest BCUT2D eigenvalue weighted by Gasteiger charge is -2.05. The maximum Gasteiger partial charge on any atom is 0.417 e. The van der Waals surface area contributed by atoms with Gasteiger partial charge in [0.2, 0.25) is 0 Å². The number of rotatable bonds is 3. The Bertz CT molecular complexity index is 1080. The lowest BCUT2D eigenvalue weighted by molar-refractivity contribution is -0.137. The molecule has 8 heteroatoms. The molecule has 4 aromatic rings. The number of hydrogen-bond donors (Lipinski definition) is 1. The van der Waals surface area contributed by atoms with Gasteiger partial charge in [0.05, 0.1) is 17.0 Å². The molecule has 1 aromatic carbocycles. The number of aryl methyl sites for hydroxylation is 1. The van der Waals surface area contributed by atoms with E-state index < -0.39 is 11.7 Å². The summed E-state index contributed by atoms with van der Waals surface area (Å²) in [5.74, 6) is 0. The summed E-state index contributed by atoms with van der Waals surface area (Å²) in [6.07, 6.45) is -1.01. The number of nitrogens with one attached hydrogen (secondary N) is 1. The van der Waals surface area contributed by atoms with Crippen molar-refractivity contribution in [2.45, 2.75) is 19.5 Å². The summed E-state index contributed by atoms with van der Waals surface area (Å²) >= 11 is 0. The van der Waals surface area contributed by atoms with Gasteiger partial charge in [0.15, 0.2) is 0 Å². The summed E-state index contributed by atoms with van der Waals surface area (Å²) in [5.41, 5.74) is 3.62. The summed E-state index contributed by atoms with van der Waals surface area (Å²) in [4.78, 5) is 4.42. The summed E-state index contributed by atoms with van der Waals surface area (Å²) in [6.45, 7) is 1.99. The Kier molecular flexibility index (Phi) is 3.75. The SMILES string of the molecule is CCc1n[nH]nc1-c1cccc(-c2cn3cc(C(F)(F)F)ccc3n2)c1. The van der Waals surface area contributed by atoms with Crippen molar-refractivity contribution >= 4 is 5.65 Å². The monoisotopic (exact) mass is 357 g/mol. The van der Waals surface area contributed by atoms with Crippen LogP contribution in [-0.2, 0) is 12.6 Å². The van der Waals surface area contributed by atoms with Crippen molar-refractivity contribution in [3.05, 3.63) is 60.0 Å². The second kappa shape index (κ2) is 5.98. The van der Waals surface area contributed by atoms with Crippen LogP contribution in [-0.4, -0.2) is 24.8 Å². The number of aromatic amines is 1. The predicted octanol–water partition coefficient (Wildman–Crippen LogP) is 4.37. The molecule has 132 valence electrons. The first-order chi connectivity index (χ1) is 12.5. The van der Waals surface area contributed by atoms with Crippen LogP contribution in [0.1, 0.15) is 18.2 Å². The summed E-state index contributed by atoms with van der Waals surface area (Å²) < 4.78 is 40.0. The number of benzene rings is 1. The van der Waals surface area contributed by atoms with Crippen LogP contribution >= 0.6 is 0 Å². The highest BCUT2D eigenvalue weighted by Gasteiger charge is 2.30. The van der Waals surface area contributed by atoms with Crippen LogP contribution in [0.2, 0.25) is 0 Å². The highest BCUT2D eigenvalue weighted by molar-refractivity contribution is 5.71. The van der Waals surface area contributed by atoms with Gasteiger partial charge in [0.25, 0.3) is 0 Å². The van der Waals surface area contributed by atoms with Crippen LogP contribution in [0.5, 0.6) is 0 Å². The second-order valence-corrected chi connectivity index (χ2v) is 5.86. The minimum atomic E-state index is -4.39. The maximum absolute atomic E-state index is 12.9. The molecule has 0 unspecified atom stereocenters. The Balaban J connectivity index is 1.77. The lowest BCUT2D eigenvalue weighted by atomic mass is 10.0. The summed E-state index contributed by atoms with van der Waals surface area (Å²) in [5, 5.41) is 10.9. The van der Waals surface area contributed by atoms with Gasteiger partial charge >= 0.3 is 6.18 Å². The zero-order valence-corrected chi connectivity index (χ0v) is 13.7. The standard InChI is InChI=1S/C18H14F3N5/c1-2-14-17(24-25-23-14)12-5-3-4-11(8-12)15-10-26-9-13(18(19,20)21)6-7-16(26)22-15/h3-10H,2H2,1H3,(H,23,24,25). The molecule has 3 heterocycles. The summed E-state index contributed by atoms with van der Waals surface area (Å²) in [7, 11) is 0. The number of imidazole rings is 1. The number of aromatic nitrogens is 5. The van der Waals surface area contributed by atoms with Gasteiger partial charge in [-0.1, -0.05) is 25.1 Å². The van der Waals surface area contributed by atoms with Gasteiger partial charge in [-0.25, -0.2) is 4.98 Å². The molecule has 0 atom stereocenters. The van der Waals surface area contributed by atoms with Crippen LogP contribution in [0.25, 0.3) is 28.2 Å². The van der Waals surface area contributed by atoms with Gasteiger partial charge in [0.1, 0.15) is 11.3 Å². The topological polar surface area (TPSA) is 58.9 Å². The molecule has 0 fully saturated rings. The van der Waals surface area contributed by atoms with E-state index in [4.69, 9.17) is 0 Å². The average Bonchev–Trinajstić information content (AvgIpc) is 3.27. The third-order valence-corrected chi connectivity index (χ3v) is 4.17. The summed E-state index contributed by atoms with van der Waals surface area (Å²) in [6, 6.07) is 9.95. The highest BCUT2D eigenvalue weighted by Crippen LogP contribution is 2.30. The van der Waals surface area contributed by atoms with Gasteiger partial charge < -0.3 is 4.40 Å². The van der Waals surface area contributed by atoms with Crippen molar-refractivity contribution in [3.63, 3.8) is 0 Å². The zero-order chi connectivity index (χ0) is 18.3. The van der Waals surface area contributed by atoms with Crippen LogP contribution in [0, 0.1) is 0 Å². The molecule has 0 radical (unpaired) electrons. The third kappa shape index (κ3) is 2.83. The maximum atomic E-state index is 12.9. The van der Waals surface area contributed by atoms with E-state index in [1.165, 1.54) is 10.5 Å². The third-order valence-electron chi connectivity index (χ3n) is 4.17. The van der Waals surface area contributed by atoms with E-state index in [-0.39, 0.29) is 0 Å². The largest absolute Gasteiger partial charge is 0.417 e. The molecule has 0 aliphatic heterocycles. The number of alkyl halides is 3. The minimum Gasteiger partial charge on any atom is -0.306 e. The van der Waals surface area contributed by atoms with Gasteiger partial charge in [-0.2, -0.15) is 28.6 Å². The van der Waals surface area contributed by atoms with E-state index in [1.54, 1.807) is 6.20 Å². The molecule has 26 heavy (non-hydrogen) atoms. The fourth-order valence-electron chi connectivity index (χ4n) is 2.85. The molecule has 4 rings (SSSR count). The number of pyridine rings is 1. The van der Waals surface area contributed by atoms with Crippen molar-refractivity contribution in [2.24, 2.45) is 0 Å². The number of fused-ring (bicyclic) bond motifs is 1. The second-order valence-electron chi connectivity index (χ2n) is 5.86. The smallest absolute Gasteiger partial charge is 0.306 e. The quantitative estimate of drug-likeness (QED) is 0.592. The Hall–Kier alpha value is -3.16. The Morgan fingerprint density at radius 3 is 2.62 bits per heavy atom. The normalized spacial score (nSPS) is 12.0. The highest BCUT2D eigenvalue weighted by atomic mass is 19.4. The molecule has 0 saturated carbocycles. The molecule has 0 saturated heterocycles. The van der Waals surface area contributed by atoms with E-state index >= 15 is 0 Å². The first-order valence-electron chi connectivity index (χ1n) is 8.02. The first kappa shape index (κ1) is 16.3. The predicted molar refractivity (Wildman–Crippen MR) is 90.4 cm³/mol. The van der Waals surface area contributed by atoms with E-state index in [1.807, 2.05) is 31.2 Å². The van der Waals surface area contributed by atoms with Crippen LogP contribution in [0.4, 0.5) is 13.2 Å². The van der Waals surface area contributed by atoms with Gasteiger partial charge in [-0.15, -0.1) is 0 Å². The minimum absolute atomic E-state index is 0.453. The van der Waals surface area contributed by atoms with Crippen molar-refractivity contribution in [2.75, 3.05) is 0 Å². The number of nitrogens with zero attached hydrogens (tertiary/aromatic N) is 4. The van der Waals surface area contributed by atoms with E-state index in [9.17, 15) is 13.2 Å². The molecule has 3 aromatic heterocycles. The molecule has 0 aliphatic carbocycles. The molecule has 0 aliphatic rings. The molecular formula is C18H14F3N5. The van der Waals surface area contributed by atoms with Crippen LogP contribution < -0.4 is 0 Å². The molecule has 0 bridgehead atoms. The van der Waals surface area contributed by atoms with Gasteiger partial charge in [-0.3, -0.25) is 0 Å². The molecular weight excluding hydrogens is 343 g/mol. The van der Waals surface area contributed by atoms with Gasteiger partial charge in [-0.05, 0) is 24.6 Å². The first-order valence-corrected chi connectivity index (χ1v) is 8.02. The van der Waals surface area contributed by atoms with Crippen molar-refractivity contribution in [1.29, 1.82) is 0 Å². The zero-order valence-electron chi connectivity index (χ0n) is 13.7. The molecule has 1 N–H and O–H groups in total. The number of hydrogen-bond acceptors (Lipinski definition) is 3. The van der Waals surface area contributed by atoms with Crippen molar-refractivity contribution in [3.8, 4) is 22.5 Å². The Morgan fingerprint density at radius 1 is 1.04 bits per heavy atom. The van der Waals surface area contributed by atoms with Crippen LogP contribution in [0.15, 0.2) is 48.8 Å². The van der Waals surface area contributed by atoms with E-state index in [0.717, 1.165) is 41.2 Å². The fourth-order valence-corrected chi connectivity index (χ4v) is 2.85. The number of H-pyrrole nitrogens is 1. The molecule has 0 amide bonds. The molecule has 5 nitrogen and oxygen atoms in total. The Labute approximate surface area is 146 Å². The van der Waals surface area contributed by atoms with Gasteiger partial charge in [0, 0.05) is 23.5 Å². The Morgan fingerprint density at radius 2 is 1.85 bits per heavy atom. The van der Waals surface area contributed by atoms with Crippen molar-refractivity contribution in [1.82, 2.24) is 24.8 Å². The lowest BCUT2D eigenvalue weighted by Crippen LogP contribution is -2.05. The van der Waals surface area contributed by atoms with E-state index in [2.05, 4.69) is 20.4 Å². The fraction of sp³-hybridized carbons (Fsp3) is 0.167. The average molecular weight is 357 g/mol.